The average molecular weight is 294 g/mol. The van der Waals surface area contributed by atoms with Crippen LogP contribution in [0.5, 0.6) is 0 Å². The van der Waals surface area contributed by atoms with Crippen molar-refractivity contribution in [2.24, 2.45) is 5.14 Å². The van der Waals surface area contributed by atoms with Crippen molar-refractivity contribution in [3.05, 3.63) is 58.6 Å². The summed E-state index contributed by atoms with van der Waals surface area (Å²) in [6.45, 7) is 0. The zero-order chi connectivity index (χ0) is 14.8. The quantitative estimate of drug-likeness (QED) is 0.856. The minimum Gasteiger partial charge on any atom is -0.430 e. The molecule has 1 aromatic heterocycles. The highest BCUT2D eigenvalue weighted by molar-refractivity contribution is 7.89. The van der Waals surface area contributed by atoms with Crippen LogP contribution >= 0.6 is 0 Å². The third-order valence-electron chi connectivity index (χ3n) is 2.38. The van der Waals surface area contributed by atoms with E-state index in [0.717, 1.165) is 12.3 Å². The lowest BCUT2D eigenvalue weighted by molar-refractivity contribution is 0.102. The Morgan fingerprint density at radius 3 is 2.55 bits per heavy atom. The van der Waals surface area contributed by atoms with Crippen molar-refractivity contribution in [3.63, 3.8) is 0 Å². The van der Waals surface area contributed by atoms with Crippen LogP contribution in [-0.4, -0.2) is 14.3 Å². The van der Waals surface area contributed by atoms with Crippen LogP contribution in [0.4, 0.5) is 5.69 Å². The fourth-order valence-corrected chi connectivity index (χ4v) is 2.00. The molecule has 3 N–H and O–H groups in total. The van der Waals surface area contributed by atoms with Gasteiger partial charge >= 0.3 is 5.63 Å². The summed E-state index contributed by atoms with van der Waals surface area (Å²) in [6.07, 6.45) is 1.02. The number of nitrogens with two attached hydrogens (primary N) is 1. The van der Waals surface area contributed by atoms with E-state index in [0.29, 0.717) is 0 Å². The summed E-state index contributed by atoms with van der Waals surface area (Å²) in [5, 5.41) is 7.46. The van der Waals surface area contributed by atoms with Crippen molar-refractivity contribution in [1.29, 1.82) is 0 Å². The molecule has 0 radical (unpaired) electrons. The third kappa shape index (κ3) is 3.31. The number of amides is 1. The van der Waals surface area contributed by atoms with Gasteiger partial charge in [-0.2, -0.15) is 0 Å². The molecule has 0 spiro atoms. The van der Waals surface area contributed by atoms with Crippen molar-refractivity contribution < 1.29 is 17.6 Å². The van der Waals surface area contributed by atoms with Crippen LogP contribution in [0.15, 0.2) is 56.8 Å². The van der Waals surface area contributed by atoms with E-state index in [1.54, 1.807) is 0 Å². The molecular formula is C12H10N2O5S. The maximum absolute atomic E-state index is 11.8. The normalized spacial score (nSPS) is 11.1. The van der Waals surface area contributed by atoms with E-state index in [4.69, 9.17) is 5.14 Å². The molecule has 0 saturated carbocycles. The van der Waals surface area contributed by atoms with Crippen molar-refractivity contribution in [1.82, 2.24) is 0 Å². The van der Waals surface area contributed by atoms with E-state index in [1.807, 2.05) is 0 Å². The lowest BCUT2D eigenvalue weighted by Crippen LogP contribution is -2.15. The van der Waals surface area contributed by atoms with Gasteiger partial charge in [-0.05, 0) is 24.3 Å². The number of carbonyl (C=O) groups excluding carboxylic acids is 1. The minimum absolute atomic E-state index is 0.116. The second-order valence-electron chi connectivity index (χ2n) is 3.87. The van der Waals surface area contributed by atoms with Gasteiger partial charge in [0.05, 0.1) is 10.5 Å². The summed E-state index contributed by atoms with van der Waals surface area (Å²) in [5.41, 5.74) is -0.184. The van der Waals surface area contributed by atoms with Gasteiger partial charge in [-0.3, -0.25) is 4.79 Å². The molecule has 0 atom stereocenters. The zero-order valence-electron chi connectivity index (χ0n) is 10.1. The van der Waals surface area contributed by atoms with E-state index >= 15 is 0 Å². The highest BCUT2D eigenvalue weighted by atomic mass is 32.2. The number of anilines is 1. The lowest BCUT2D eigenvalue weighted by Gasteiger charge is -2.06. The van der Waals surface area contributed by atoms with Gasteiger partial charge < -0.3 is 9.73 Å². The van der Waals surface area contributed by atoms with Gasteiger partial charge in [-0.25, -0.2) is 18.4 Å². The molecule has 20 heavy (non-hydrogen) atoms. The number of carbonyl (C=O) groups is 1. The molecule has 0 aliphatic carbocycles. The number of hydrogen-bond acceptors (Lipinski definition) is 5. The molecule has 0 fully saturated rings. The summed E-state index contributed by atoms with van der Waals surface area (Å²) >= 11 is 0. The molecule has 104 valence electrons. The fraction of sp³-hybridized carbons (Fsp3) is 0. The van der Waals surface area contributed by atoms with Crippen LogP contribution in [0.1, 0.15) is 10.4 Å². The van der Waals surface area contributed by atoms with Crippen molar-refractivity contribution in [2.45, 2.75) is 4.90 Å². The number of rotatable bonds is 3. The van der Waals surface area contributed by atoms with E-state index in [9.17, 15) is 18.0 Å². The van der Waals surface area contributed by atoms with Crippen LogP contribution in [0.3, 0.4) is 0 Å². The standard InChI is InChI=1S/C12H10N2O5S/c13-20(17,18)10-3-1-2-9(6-10)14-12(16)8-4-5-11(15)19-7-8/h1-7H,(H,14,16)(H2,13,17,18). The Labute approximate surface area is 114 Å². The second kappa shape index (κ2) is 5.27. The molecule has 7 nitrogen and oxygen atoms in total. The van der Waals surface area contributed by atoms with Crippen molar-refractivity contribution in [3.8, 4) is 0 Å². The first kappa shape index (κ1) is 14.0. The second-order valence-corrected chi connectivity index (χ2v) is 5.43. The largest absolute Gasteiger partial charge is 0.430 e. The number of nitrogens with one attached hydrogen (secondary N) is 1. The molecule has 2 rings (SSSR count). The van der Waals surface area contributed by atoms with Gasteiger partial charge in [0.2, 0.25) is 10.0 Å². The monoisotopic (exact) mass is 294 g/mol. The molecule has 0 aliphatic rings. The predicted octanol–water partition coefficient (Wildman–Crippen LogP) is 0.540. The van der Waals surface area contributed by atoms with Crippen molar-refractivity contribution in [2.75, 3.05) is 5.32 Å². The smallest absolute Gasteiger partial charge is 0.335 e. The van der Waals surface area contributed by atoms with Crippen LogP contribution in [0, 0.1) is 0 Å². The Hall–Kier alpha value is -2.45. The molecule has 1 amide bonds. The van der Waals surface area contributed by atoms with E-state index < -0.39 is 21.6 Å². The SMILES string of the molecule is NS(=O)(=O)c1cccc(NC(=O)c2ccc(=O)oc2)c1. The molecule has 0 unspecified atom stereocenters. The fourth-order valence-electron chi connectivity index (χ4n) is 1.44. The summed E-state index contributed by atoms with van der Waals surface area (Å²) < 4.78 is 27.0. The molecule has 8 heteroatoms. The molecule has 0 bridgehead atoms. The summed E-state index contributed by atoms with van der Waals surface area (Å²) in [4.78, 5) is 22.5. The highest BCUT2D eigenvalue weighted by Crippen LogP contribution is 2.15. The average Bonchev–Trinajstić information content (AvgIpc) is 2.38. The summed E-state index contributed by atoms with van der Waals surface area (Å²) in [7, 11) is -3.84. The van der Waals surface area contributed by atoms with Crippen LogP contribution in [0.25, 0.3) is 0 Å². The number of hydrogen-bond donors (Lipinski definition) is 2. The Bertz CT molecular complexity index is 790. The molecule has 1 heterocycles. The van der Waals surface area contributed by atoms with E-state index in [2.05, 4.69) is 9.73 Å². The van der Waals surface area contributed by atoms with Crippen LogP contribution < -0.4 is 16.1 Å². The number of sulfonamides is 1. The van der Waals surface area contributed by atoms with Crippen LogP contribution in [0.2, 0.25) is 0 Å². The molecule has 0 saturated heterocycles. The van der Waals surface area contributed by atoms with E-state index in [-0.39, 0.29) is 16.1 Å². The lowest BCUT2D eigenvalue weighted by atomic mass is 10.2. The van der Waals surface area contributed by atoms with E-state index in [1.165, 1.54) is 30.3 Å². The topological polar surface area (TPSA) is 119 Å². The first-order valence-electron chi connectivity index (χ1n) is 5.39. The molecular weight excluding hydrogens is 284 g/mol. The first-order valence-corrected chi connectivity index (χ1v) is 6.94. The Balaban J connectivity index is 2.24. The summed E-state index contributed by atoms with van der Waals surface area (Å²) in [5.74, 6) is -0.541. The number of benzene rings is 1. The Morgan fingerprint density at radius 1 is 1.20 bits per heavy atom. The summed E-state index contributed by atoms with van der Waals surface area (Å²) in [6, 6.07) is 7.89. The van der Waals surface area contributed by atoms with Gasteiger partial charge in [0.15, 0.2) is 0 Å². The minimum atomic E-state index is -3.84. The van der Waals surface area contributed by atoms with Gasteiger partial charge in [-0.15, -0.1) is 0 Å². The van der Waals surface area contributed by atoms with Crippen LogP contribution in [-0.2, 0) is 10.0 Å². The van der Waals surface area contributed by atoms with Gasteiger partial charge in [0.1, 0.15) is 6.26 Å². The first-order chi connectivity index (χ1) is 9.36. The highest BCUT2D eigenvalue weighted by Gasteiger charge is 2.11. The Morgan fingerprint density at radius 2 is 1.95 bits per heavy atom. The predicted molar refractivity (Wildman–Crippen MR) is 70.7 cm³/mol. The third-order valence-corrected chi connectivity index (χ3v) is 3.29. The van der Waals surface area contributed by atoms with Crippen molar-refractivity contribution >= 4 is 21.6 Å². The maximum Gasteiger partial charge on any atom is 0.335 e. The zero-order valence-corrected chi connectivity index (χ0v) is 10.9. The maximum atomic E-state index is 11.8. The number of primary sulfonamides is 1. The Kier molecular flexibility index (Phi) is 3.68. The van der Waals surface area contributed by atoms with Gasteiger partial charge in [0, 0.05) is 11.8 Å². The van der Waals surface area contributed by atoms with Gasteiger partial charge in [-0.1, -0.05) is 6.07 Å². The van der Waals surface area contributed by atoms with Gasteiger partial charge in [0.25, 0.3) is 5.91 Å². The molecule has 2 aromatic rings. The molecule has 0 aliphatic heterocycles. The molecule has 1 aromatic carbocycles.